The zero-order chi connectivity index (χ0) is 74.0. The van der Waals surface area contributed by atoms with E-state index < -0.39 is 233 Å². The zero-order valence-corrected chi connectivity index (χ0v) is 56.7. The van der Waals surface area contributed by atoms with Crippen LogP contribution in [0.5, 0.6) is 11.5 Å². The summed E-state index contributed by atoms with van der Waals surface area (Å²) in [6.45, 7) is 11.7. The van der Waals surface area contributed by atoms with E-state index in [0.29, 0.717) is 11.1 Å². The maximum absolute atomic E-state index is 12.8. The van der Waals surface area contributed by atoms with Crippen molar-refractivity contribution in [2.75, 3.05) is 26.4 Å². The van der Waals surface area contributed by atoms with E-state index in [9.17, 15) is 67.1 Å². The molecule has 2 aromatic carbocycles. The molecule has 0 aliphatic carbocycles. The number of carbonyl (C=O) groups excluding carboxylic acids is 14. The Morgan fingerprint density at radius 1 is 0.240 bits per heavy atom. The van der Waals surface area contributed by atoms with Gasteiger partial charge in [0.05, 0.1) is 13.2 Å². The van der Waals surface area contributed by atoms with E-state index in [2.05, 4.69) is 0 Å². The van der Waals surface area contributed by atoms with Crippen LogP contribution in [0.25, 0.3) is 11.1 Å². The van der Waals surface area contributed by atoms with Crippen LogP contribution in [0.15, 0.2) is 48.5 Å². The lowest BCUT2D eigenvalue weighted by molar-refractivity contribution is -0.327. The summed E-state index contributed by atoms with van der Waals surface area (Å²) in [6.07, 6.45) is -33.0. The Balaban J connectivity index is 1.29. The van der Waals surface area contributed by atoms with Crippen LogP contribution in [0.2, 0.25) is 0 Å². The first-order valence-corrected chi connectivity index (χ1v) is 30.8. The first kappa shape index (κ1) is 79.4. The molecule has 550 valence electrons. The second kappa shape index (κ2) is 36.5. The van der Waals surface area contributed by atoms with Crippen LogP contribution < -0.4 is 9.47 Å². The van der Waals surface area contributed by atoms with Gasteiger partial charge in [-0.3, -0.25) is 67.1 Å². The number of hydrogen-bond acceptors (Lipinski definition) is 36. The van der Waals surface area contributed by atoms with E-state index >= 15 is 0 Å². The summed E-state index contributed by atoms with van der Waals surface area (Å²) in [4.78, 5) is 176. The zero-order valence-electron chi connectivity index (χ0n) is 56.7. The van der Waals surface area contributed by atoms with Crippen molar-refractivity contribution >= 4 is 83.6 Å². The van der Waals surface area contributed by atoms with Crippen molar-refractivity contribution in [1.82, 2.24) is 0 Å². The van der Waals surface area contributed by atoms with Crippen LogP contribution in [0, 0.1) is 0 Å². The average molecular weight is 1420 g/mol. The molecule has 2 aromatic rings. The molecule has 0 spiro atoms. The highest BCUT2D eigenvalue weighted by atomic mass is 16.8. The van der Waals surface area contributed by atoms with Crippen molar-refractivity contribution in [3.05, 3.63) is 48.5 Å². The largest absolute Gasteiger partial charge is 0.463 e. The quantitative estimate of drug-likeness (QED) is 0.0899. The van der Waals surface area contributed by atoms with E-state index in [1.807, 2.05) is 0 Å². The lowest BCUT2D eigenvalue weighted by Crippen LogP contribution is -2.65. The Hall–Kier alpha value is -9.62. The van der Waals surface area contributed by atoms with Crippen LogP contribution in [-0.2, 0) is 162 Å². The molecule has 4 aliphatic heterocycles. The molecule has 20 atom stereocenters. The van der Waals surface area contributed by atoms with E-state index in [4.69, 9.17) is 104 Å². The first-order chi connectivity index (χ1) is 47.1. The van der Waals surface area contributed by atoms with Gasteiger partial charge in [-0.1, -0.05) is 24.3 Å². The normalized spacial score (nSPS) is 29.1. The van der Waals surface area contributed by atoms with Gasteiger partial charge < -0.3 is 104 Å². The summed E-state index contributed by atoms with van der Waals surface area (Å²) >= 11 is 0. The summed E-state index contributed by atoms with van der Waals surface area (Å²) in [6, 6.07) is 12.2. The molecule has 100 heavy (non-hydrogen) atoms. The minimum Gasteiger partial charge on any atom is -0.463 e. The Kier molecular flexibility index (Phi) is 28.9. The van der Waals surface area contributed by atoms with Gasteiger partial charge in [0.15, 0.2) is 73.6 Å². The van der Waals surface area contributed by atoms with Gasteiger partial charge in [-0.2, -0.15) is 0 Å². The third-order valence-corrected chi connectivity index (χ3v) is 14.3. The van der Waals surface area contributed by atoms with Gasteiger partial charge in [-0.15, -0.1) is 0 Å². The molecule has 0 bridgehead atoms. The third-order valence-electron chi connectivity index (χ3n) is 14.3. The second-order valence-corrected chi connectivity index (χ2v) is 22.6. The lowest BCUT2D eigenvalue weighted by atomic mass is 9.97. The molecule has 4 saturated heterocycles. The molecular formula is C64H78O36. The van der Waals surface area contributed by atoms with Gasteiger partial charge in [-0.25, -0.2) is 0 Å². The van der Waals surface area contributed by atoms with Crippen molar-refractivity contribution in [3.63, 3.8) is 0 Å². The minimum atomic E-state index is -1.78. The summed E-state index contributed by atoms with van der Waals surface area (Å²) in [5.41, 5.74) is 1.04. The fraction of sp³-hybridized carbons (Fsp3) is 0.594. The molecule has 36 heteroatoms. The van der Waals surface area contributed by atoms with Crippen molar-refractivity contribution in [3.8, 4) is 22.6 Å². The maximum atomic E-state index is 12.8. The summed E-state index contributed by atoms with van der Waals surface area (Å²) < 4.78 is 127. The van der Waals surface area contributed by atoms with E-state index in [1.54, 1.807) is 24.3 Å². The third kappa shape index (κ3) is 23.2. The summed E-state index contributed by atoms with van der Waals surface area (Å²) in [5, 5.41) is 0. The van der Waals surface area contributed by atoms with Crippen LogP contribution in [-0.4, -0.2) is 233 Å². The number of hydrogen-bond donors (Lipinski definition) is 0. The Morgan fingerprint density at radius 2 is 0.430 bits per heavy atom. The van der Waals surface area contributed by atoms with E-state index in [-0.39, 0.29) is 11.5 Å². The fourth-order valence-corrected chi connectivity index (χ4v) is 10.9. The predicted octanol–water partition coefficient (Wildman–Crippen LogP) is 1.35. The fourth-order valence-electron chi connectivity index (χ4n) is 10.9. The van der Waals surface area contributed by atoms with Crippen molar-refractivity contribution < 1.29 is 171 Å². The lowest BCUT2D eigenvalue weighted by Gasteiger charge is -2.46. The average Bonchev–Trinajstić information content (AvgIpc) is 0.794. The Morgan fingerprint density at radius 3 is 0.650 bits per heavy atom. The SMILES string of the molecule is CC(=O)OC[C@H]1O[C@H](OC[C@H]2O[C@@H](Oc3ccc(-c4ccc(O[C@@H]5O[C@H](CO[C@H]6O[C@H](COC(C)=O)[C@H](OC(C)=O)[C@H](OC(C)=O)[C@H]6OC(C)=O)[C@@H](OC(C)=O)[C@H](OC(C)=O)[C@H]5OC(C)=O)cc4)cc3)[C@H](OC(C)=O)[C@@H](OC(C)=O)[C@@H]2OC(C)=O)[C@H](OC(C)=O)[C@@H](OC(C)=O)[C@H]1OC(C)=O. The highest BCUT2D eigenvalue weighted by Crippen LogP contribution is 2.38. The monoisotopic (exact) mass is 1420 g/mol. The summed E-state index contributed by atoms with van der Waals surface area (Å²) in [5.74, 6) is -12.7. The predicted molar refractivity (Wildman–Crippen MR) is 320 cm³/mol. The van der Waals surface area contributed by atoms with Crippen LogP contribution in [0.1, 0.15) is 96.9 Å². The van der Waals surface area contributed by atoms with Crippen LogP contribution in [0.4, 0.5) is 0 Å². The molecule has 0 radical (unpaired) electrons. The van der Waals surface area contributed by atoms with Crippen LogP contribution >= 0.6 is 0 Å². The Bertz CT molecular complexity index is 3060. The molecule has 36 nitrogen and oxygen atoms in total. The highest BCUT2D eigenvalue weighted by Gasteiger charge is 2.59. The topological polar surface area (TPSA) is 442 Å². The van der Waals surface area contributed by atoms with Gasteiger partial charge in [0.25, 0.3) is 0 Å². The molecule has 0 saturated carbocycles. The standard InChI is InChI=1S/C64H78O36/c1-27(65)79-23-45-49(83-29(3)67)53(87-33(7)71)57(91-37(11)75)61(97-45)81-25-47-51(85-31(5)69)55(89-35(9)73)59(93-39(13)77)63(99-47)95-43-19-15-41(16-20-43)42-17-21-44(22-18-42)96-64-60(94-40(14)78)56(90-36(10)74)52(86-32(6)70)48(100-64)26-82-62-58(92-38(12)76)54(88-34(8)72)50(84-30(4)68)46(98-62)24-80-28(2)66/h15-22,45-64H,23-26H2,1-14H3/t45-,46-,47-,48-,49+,50+,51-,52-,53+,54+,55+,56+,57-,58-,59-,60-,61+,62+,63-,64-/m1/s1. The number of ether oxygens (including phenoxy) is 22. The number of benzene rings is 2. The first-order valence-electron chi connectivity index (χ1n) is 30.8. The van der Waals surface area contributed by atoms with E-state index in [1.165, 1.54) is 24.3 Å². The number of esters is 14. The van der Waals surface area contributed by atoms with E-state index in [0.717, 1.165) is 96.9 Å². The minimum absolute atomic E-state index is 0.0330. The van der Waals surface area contributed by atoms with Gasteiger partial charge >= 0.3 is 83.6 Å². The smallest absolute Gasteiger partial charge is 0.303 e. The molecular weight excluding hydrogens is 1340 g/mol. The number of carbonyl (C=O) groups is 14. The molecule has 0 N–H and O–H groups in total. The molecule has 4 aliphatic rings. The Labute approximate surface area is 570 Å². The van der Waals surface area contributed by atoms with Crippen molar-refractivity contribution in [1.29, 1.82) is 0 Å². The van der Waals surface area contributed by atoms with Crippen LogP contribution in [0.3, 0.4) is 0 Å². The molecule has 4 fully saturated rings. The molecule has 0 aromatic heterocycles. The van der Waals surface area contributed by atoms with Gasteiger partial charge in [-0.05, 0) is 35.4 Å². The number of rotatable bonds is 27. The maximum Gasteiger partial charge on any atom is 0.303 e. The van der Waals surface area contributed by atoms with Gasteiger partial charge in [0.1, 0.15) is 49.1 Å². The second-order valence-electron chi connectivity index (χ2n) is 22.6. The van der Waals surface area contributed by atoms with Crippen molar-refractivity contribution in [2.45, 2.75) is 220 Å². The van der Waals surface area contributed by atoms with Gasteiger partial charge in [0, 0.05) is 96.9 Å². The summed E-state index contributed by atoms with van der Waals surface area (Å²) in [7, 11) is 0. The highest BCUT2D eigenvalue weighted by molar-refractivity contribution is 5.72. The molecule has 0 amide bonds. The molecule has 0 unspecified atom stereocenters. The molecule has 6 rings (SSSR count). The van der Waals surface area contributed by atoms with Gasteiger partial charge in [0.2, 0.25) is 24.8 Å². The molecule has 4 heterocycles. The van der Waals surface area contributed by atoms with Crippen molar-refractivity contribution in [2.24, 2.45) is 0 Å².